The van der Waals surface area contributed by atoms with E-state index in [0.717, 1.165) is 13.0 Å². The molecule has 1 rings (SSSR count). The predicted octanol–water partition coefficient (Wildman–Crippen LogP) is -1.23. The van der Waals surface area contributed by atoms with Crippen molar-refractivity contribution in [1.82, 2.24) is 20.2 Å². The second kappa shape index (κ2) is 4.78. The van der Waals surface area contributed by atoms with E-state index in [9.17, 15) is 0 Å². The molecule has 3 N–H and O–H groups in total. The summed E-state index contributed by atoms with van der Waals surface area (Å²) in [5, 5.41) is 19.8. The Bertz CT molecular complexity index is 200. The first kappa shape index (κ1) is 9.08. The number of nitrogens with zero attached hydrogens (tertiary/aromatic N) is 4. The molecule has 0 aromatic carbocycles. The number of hydrogen-bond acceptors (Lipinski definition) is 5. The first-order chi connectivity index (χ1) is 5.83. The molecule has 0 saturated carbocycles. The Morgan fingerprint density at radius 3 is 3.00 bits per heavy atom. The predicted molar refractivity (Wildman–Crippen MR) is 42.1 cm³/mol. The van der Waals surface area contributed by atoms with Crippen molar-refractivity contribution in [2.24, 2.45) is 5.73 Å². The number of aryl methyl sites for hydroxylation is 1. The molecule has 1 aromatic rings. The van der Waals surface area contributed by atoms with E-state index < -0.39 is 6.10 Å². The fourth-order valence-electron chi connectivity index (χ4n) is 0.889. The Morgan fingerprint density at radius 2 is 2.42 bits per heavy atom. The van der Waals surface area contributed by atoms with E-state index in [1.807, 2.05) is 0 Å². The topological polar surface area (TPSA) is 89.8 Å². The van der Waals surface area contributed by atoms with Crippen LogP contribution < -0.4 is 5.73 Å². The van der Waals surface area contributed by atoms with Crippen LogP contribution in [-0.4, -0.2) is 38.0 Å². The molecule has 1 unspecified atom stereocenters. The van der Waals surface area contributed by atoms with Crippen molar-refractivity contribution in [2.45, 2.75) is 25.5 Å². The van der Waals surface area contributed by atoms with E-state index >= 15 is 0 Å². The van der Waals surface area contributed by atoms with Crippen LogP contribution in [0.2, 0.25) is 0 Å². The molecule has 6 nitrogen and oxygen atoms in total. The lowest BCUT2D eigenvalue weighted by atomic mass is 10.2. The molecule has 0 spiro atoms. The molecule has 0 bridgehead atoms. The third kappa shape index (κ3) is 2.93. The van der Waals surface area contributed by atoms with Gasteiger partial charge in [0.25, 0.3) is 0 Å². The van der Waals surface area contributed by atoms with Crippen molar-refractivity contribution in [3.63, 3.8) is 0 Å². The molecular formula is C6H13N5O. The van der Waals surface area contributed by atoms with Crippen LogP contribution in [0, 0.1) is 0 Å². The molecular weight excluding hydrogens is 158 g/mol. The van der Waals surface area contributed by atoms with Gasteiger partial charge >= 0.3 is 0 Å². The summed E-state index contributed by atoms with van der Waals surface area (Å²) in [4.78, 5) is 0. The normalized spacial score (nSPS) is 13.2. The maximum Gasteiger partial charge on any atom is 0.138 e. The van der Waals surface area contributed by atoms with Crippen LogP contribution in [0.3, 0.4) is 0 Å². The van der Waals surface area contributed by atoms with E-state index in [2.05, 4.69) is 15.5 Å². The van der Waals surface area contributed by atoms with Gasteiger partial charge in [0.1, 0.15) is 6.33 Å². The van der Waals surface area contributed by atoms with E-state index in [1.165, 1.54) is 0 Å². The Labute approximate surface area is 70.4 Å². The van der Waals surface area contributed by atoms with Crippen LogP contribution in [0.1, 0.15) is 12.8 Å². The van der Waals surface area contributed by atoms with Crippen molar-refractivity contribution in [3.05, 3.63) is 6.33 Å². The van der Waals surface area contributed by atoms with Gasteiger partial charge in [-0.15, -0.1) is 5.10 Å². The quantitative estimate of drug-likeness (QED) is 0.579. The molecule has 6 heteroatoms. The number of nitrogens with two attached hydrogens (primary N) is 1. The summed E-state index contributed by atoms with van der Waals surface area (Å²) in [6.07, 6.45) is 2.68. The monoisotopic (exact) mass is 171 g/mol. The van der Waals surface area contributed by atoms with E-state index in [4.69, 9.17) is 10.8 Å². The Kier molecular flexibility index (Phi) is 3.62. The minimum atomic E-state index is -0.401. The fraction of sp³-hybridized carbons (Fsp3) is 0.833. The zero-order chi connectivity index (χ0) is 8.81. The summed E-state index contributed by atoms with van der Waals surface area (Å²) in [7, 11) is 0. The molecule has 12 heavy (non-hydrogen) atoms. The van der Waals surface area contributed by atoms with Gasteiger partial charge in [-0.25, -0.2) is 4.68 Å². The highest BCUT2D eigenvalue weighted by molar-refractivity contribution is 4.56. The number of aliphatic hydroxyl groups excluding tert-OH is 1. The molecule has 0 radical (unpaired) electrons. The van der Waals surface area contributed by atoms with Gasteiger partial charge in [0.15, 0.2) is 0 Å². The summed E-state index contributed by atoms with van der Waals surface area (Å²) in [6, 6.07) is 0. The zero-order valence-corrected chi connectivity index (χ0v) is 6.80. The molecule has 68 valence electrons. The number of aromatic nitrogens is 4. The van der Waals surface area contributed by atoms with Gasteiger partial charge in [0.2, 0.25) is 0 Å². The van der Waals surface area contributed by atoms with Gasteiger partial charge in [0.05, 0.1) is 6.10 Å². The van der Waals surface area contributed by atoms with Gasteiger partial charge in [0, 0.05) is 13.1 Å². The van der Waals surface area contributed by atoms with Crippen molar-refractivity contribution >= 4 is 0 Å². The highest BCUT2D eigenvalue weighted by Gasteiger charge is 2.00. The second-order valence-corrected chi connectivity index (χ2v) is 2.60. The Hall–Kier alpha value is -1.01. The smallest absolute Gasteiger partial charge is 0.138 e. The minimum Gasteiger partial charge on any atom is -0.392 e. The van der Waals surface area contributed by atoms with Gasteiger partial charge < -0.3 is 10.8 Å². The van der Waals surface area contributed by atoms with Crippen LogP contribution in [0.25, 0.3) is 0 Å². The summed E-state index contributed by atoms with van der Waals surface area (Å²) in [6.45, 7) is 1.04. The lowest BCUT2D eigenvalue weighted by Gasteiger charge is -2.05. The van der Waals surface area contributed by atoms with Crippen LogP contribution in [0.5, 0.6) is 0 Å². The van der Waals surface area contributed by atoms with Crippen molar-refractivity contribution in [1.29, 1.82) is 0 Å². The lowest BCUT2D eigenvalue weighted by molar-refractivity contribution is 0.167. The number of tetrazole rings is 1. The van der Waals surface area contributed by atoms with Crippen molar-refractivity contribution in [2.75, 3.05) is 6.54 Å². The molecule has 1 atom stereocenters. The van der Waals surface area contributed by atoms with Crippen LogP contribution in [-0.2, 0) is 6.54 Å². The molecule has 0 aliphatic carbocycles. The van der Waals surface area contributed by atoms with Crippen molar-refractivity contribution < 1.29 is 5.11 Å². The molecule has 0 aliphatic rings. The highest BCUT2D eigenvalue weighted by Crippen LogP contribution is 1.96. The third-order valence-electron chi connectivity index (χ3n) is 1.59. The van der Waals surface area contributed by atoms with E-state index in [0.29, 0.717) is 13.0 Å². The molecule has 1 aromatic heterocycles. The molecule has 0 aliphatic heterocycles. The molecule has 1 heterocycles. The summed E-state index contributed by atoms with van der Waals surface area (Å²) < 4.78 is 1.63. The van der Waals surface area contributed by atoms with Gasteiger partial charge in [-0.1, -0.05) is 0 Å². The largest absolute Gasteiger partial charge is 0.392 e. The van der Waals surface area contributed by atoms with Crippen molar-refractivity contribution in [3.8, 4) is 0 Å². The van der Waals surface area contributed by atoms with Crippen LogP contribution >= 0.6 is 0 Å². The van der Waals surface area contributed by atoms with Gasteiger partial charge in [-0.05, 0) is 23.3 Å². The summed E-state index contributed by atoms with van der Waals surface area (Å²) in [5.74, 6) is 0. The fourth-order valence-corrected chi connectivity index (χ4v) is 0.889. The highest BCUT2D eigenvalue weighted by atomic mass is 16.3. The average Bonchev–Trinajstić information content (AvgIpc) is 2.57. The third-order valence-corrected chi connectivity index (χ3v) is 1.59. The lowest BCUT2D eigenvalue weighted by Crippen LogP contribution is -2.19. The average molecular weight is 171 g/mol. The second-order valence-electron chi connectivity index (χ2n) is 2.60. The van der Waals surface area contributed by atoms with Crippen LogP contribution in [0.4, 0.5) is 0 Å². The first-order valence-corrected chi connectivity index (χ1v) is 3.92. The van der Waals surface area contributed by atoms with Gasteiger partial charge in [-0.3, -0.25) is 0 Å². The molecule has 0 saturated heterocycles. The summed E-state index contributed by atoms with van der Waals surface area (Å²) in [5.41, 5.74) is 5.23. The number of rotatable bonds is 5. The molecule has 0 amide bonds. The SMILES string of the molecule is NCC(O)CCCn1cnnn1. The minimum absolute atomic E-state index is 0.315. The first-order valence-electron chi connectivity index (χ1n) is 3.92. The Morgan fingerprint density at radius 1 is 1.58 bits per heavy atom. The van der Waals surface area contributed by atoms with E-state index in [1.54, 1.807) is 11.0 Å². The summed E-state index contributed by atoms with van der Waals surface area (Å²) >= 11 is 0. The maximum absolute atomic E-state index is 9.10. The van der Waals surface area contributed by atoms with E-state index in [-0.39, 0.29) is 0 Å². The maximum atomic E-state index is 9.10. The number of hydrogen-bond donors (Lipinski definition) is 2. The zero-order valence-electron chi connectivity index (χ0n) is 6.80. The Balaban J connectivity index is 2.11. The standard InChI is InChI=1S/C6H13N5O/c7-4-6(12)2-1-3-11-5-8-9-10-11/h5-6,12H,1-4,7H2. The van der Waals surface area contributed by atoms with Crippen LogP contribution in [0.15, 0.2) is 6.33 Å². The molecule has 0 fully saturated rings. The van der Waals surface area contributed by atoms with Gasteiger partial charge in [-0.2, -0.15) is 0 Å². The number of aliphatic hydroxyl groups is 1.